The van der Waals surface area contributed by atoms with Crippen LogP contribution in [0.3, 0.4) is 0 Å². The van der Waals surface area contributed by atoms with E-state index in [1.165, 1.54) is 0 Å². The smallest absolute Gasteiger partial charge is 0.242 e. The second kappa shape index (κ2) is 5.52. The van der Waals surface area contributed by atoms with E-state index in [1.807, 2.05) is 30.3 Å². The van der Waals surface area contributed by atoms with E-state index in [2.05, 4.69) is 5.32 Å². The van der Waals surface area contributed by atoms with Gasteiger partial charge in [-0.05, 0) is 24.3 Å². The van der Waals surface area contributed by atoms with E-state index >= 15 is 0 Å². The predicted octanol–water partition coefficient (Wildman–Crippen LogP) is 1.85. The van der Waals surface area contributed by atoms with Gasteiger partial charge in [0, 0.05) is 6.54 Å². The summed E-state index contributed by atoms with van der Waals surface area (Å²) in [6, 6.07) is 9.19. The van der Waals surface area contributed by atoms with Crippen molar-refractivity contribution in [2.75, 3.05) is 6.54 Å². The fraction of sp³-hybridized carbons (Fsp3) is 0.462. The number of rotatable bonds is 5. The third-order valence-corrected chi connectivity index (χ3v) is 3.42. The van der Waals surface area contributed by atoms with Gasteiger partial charge in [-0.15, -0.1) is 11.6 Å². The molecule has 92 valence electrons. The summed E-state index contributed by atoms with van der Waals surface area (Å²) in [6.07, 6.45) is 1.68. The fourth-order valence-electron chi connectivity index (χ4n) is 1.72. The Labute approximate surface area is 106 Å². The van der Waals surface area contributed by atoms with Crippen molar-refractivity contribution in [3.8, 4) is 0 Å². The zero-order chi connectivity index (χ0) is 12.3. The molecule has 0 aromatic heterocycles. The minimum Gasteiger partial charge on any atom is -0.391 e. The number of benzene rings is 1. The molecular weight excluding hydrogens is 238 g/mol. The molecule has 4 heteroatoms. The lowest BCUT2D eigenvalue weighted by Gasteiger charge is -2.13. The number of carbonyl (C=O) groups excluding carboxylic acids is 1. The quantitative estimate of drug-likeness (QED) is 0.787. The van der Waals surface area contributed by atoms with Crippen LogP contribution in [0, 0.1) is 5.92 Å². The molecule has 2 N–H and O–H groups in total. The lowest BCUT2D eigenvalue weighted by molar-refractivity contribution is -0.121. The second-order valence-electron chi connectivity index (χ2n) is 4.42. The van der Waals surface area contributed by atoms with Crippen molar-refractivity contribution in [3.05, 3.63) is 35.9 Å². The lowest BCUT2D eigenvalue weighted by Crippen LogP contribution is -2.35. The average Bonchev–Trinajstić information content (AvgIpc) is 3.20. The van der Waals surface area contributed by atoms with Crippen molar-refractivity contribution in [3.63, 3.8) is 0 Å². The molecule has 0 saturated heterocycles. The number of nitrogens with one attached hydrogen (secondary N) is 1. The van der Waals surface area contributed by atoms with Crippen LogP contribution in [0.15, 0.2) is 30.3 Å². The Morgan fingerprint density at radius 2 is 2.06 bits per heavy atom. The first kappa shape index (κ1) is 12.4. The third-order valence-electron chi connectivity index (χ3n) is 2.97. The van der Waals surface area contributed by atoms with Gasteiger partial charge in [-0.25, -0.2) is 0 Å². The maximum Gasteiger partial charge on any atom is 0.242 e. The minimum absolute atomic E-state index is 0.252. The molecule has 1 aliphatic carbocycles. The van der Waals surface area contributed by atoms with Crippen LogP contribution < -0.4 is 5.32 Å². The molecule has 1 aromatic carbocycles. The standard InChI is InChI=1S/C13H16ClNO2/c14-12(10-4-2-1-3-5-10)13(17)15-8-11(16)9-6-7-9/h1-5,9,11-12,16H,6-8H2,(H,15,17). The summed E-state index contributed by atoms with van der Waals surface area (Å²) in [5.41, 5.74) is 0.771. The third kappa shape index (κ3) is 3.45. The zero-order valence-electron chi connectivity index (χ0n) is 9.47. The lowest BCUT2D eigenvalue weighted by atomic mass is 10.1. The van der Waals surface area contributed by atoms with Crippen molar-refractivity contribution in [1.29, 1.82) is 0 Å². The number of alkyl halides is 1. The van der Waals surface area contributed by atoms with Gasteiger partial charge in [-0.2, -0.15) is 0 Å². The van der Waals surface area contributed by atoms with Crippen LogP contribution in [0.25, 0.3) is 0 Å². The summed E-state index contributed by atoms with van der Waals surface area (Å²) in [5, 5.41) is 11.6. The molecule has 0 spiro atoms. The largest absolute Gasteiger partial charge is 0.391 e. The summed E-state index contributed by atoms with van der Waals surface area (Å²) < 4.78 is 0. The molecule has 2 rings (SSSR count). The molecule has 2 unspecified atom stereocenters. The van der Waals surface area contributed by atoms with Gasteiger partial charge >= 0.3 is 0 Å². The molecule has 0 radical (unpaired) electrons. The van der Waals surface area contributed by atoms with Crippen LogP contribution in [0.4, 0.5) is 0 Å². The topological polar surface area (TPSA) is 49.3 Å². The molecule has 17 heavy (non-hydrogen) atoms. The Bertz CT molecular complexity index is 378. The van der Waals surface area contributed by atoms with Crippen LogP contribution in [0.2, 0.25) is 0 Å². The van der Waals surface area contributed by atoms with Gasteiger partial charge in [0.05, 0.1) is 6.10 Å². The van der Waals surface area contributed by atoms with Crippen LogP contribution in [0.1, 0.15) is 23.8 Å². The Morgan fingerprint density at radius 3 is 2.65 bits per heavy atom. The number of halogens is 1. The predicted molar refractivity (Wildman–Crippen MR) is 66.8 cm³/mol. The Hall–Kier alpha value is -1.06. The monoisotopic (exact) mass is 253 g/mol. The van der Waals surface area contributed by atoms with E-state index in [1.54, 1.807) is 0 Å². The van der Waals surface area contributed by atoms with E-state index in [9.17, 15) is 9.90 Å². The van der Waals surface area contributed by atoms with Gasteiger partial charge in [0.2, 0.25) is 5.91 Å². The summed E-state index contributed by atoms with van der Waals surface area (Å²) in [4.78, 5) is 11.7. The van der Waals surface area contributed by atoms with Crippen molar-refractivity contribution in [2.45, 2.75) is 24.3 Å². The van der Waals surface area contributed by atoms with Gasteiger partial charge in [-0.3, -0.25) is 4.79 Å². The average molecular weight is 254 g/mol. The van der Waals surface area contributed by atoms with Crippen LogP contribution in [0.5, 0.6) is 0 Å². The molecule has 1 aliphatic rings. The van der Waals surface area contributed by atoms with Crippen LogP contribution >= 0.6 is 11.6 Å². The highest BCUT2D eigenvalue weighted by atomic mass is 35.5. The molecule has 3 nitrogen and oxygen atoms in total. The van der Waals surface area contributed by atoms with Crippen molar-refractivity contribution >= 4 is 17.5 Å². The Kier molecular flexibility index (Phi) is 4.02. The first-order chi connectivity index (χ1) is 8.18. The Morgan fingerprint density at radius 1 is 1.41 bits per heavy atom. The van der Waals surface area contributed by atoms with E-state index in [-0.39, 0.29) is 5.91 Å². The summed E-state index contributed by atoms with van der Waals surface area (Å²) >= 11 is 6.04. The highest BCUT2D eigenvalue weighted by Gasteiger charge is 2.30. The van der Waals surface area contributed by atoms with Crippen molar-refractivity contribution in [2.24, 2.45) is 5.92 Å². The molecule has 1 saturated carbocycles. The normalized spacial score (nSPS) is 18.5. The van der Waals surface area contributed by atoms with E-state index < -0.39 is 11.5 Å². The van der Waals surface area contributed by atoms with E-state index in [0.717, 1.165) is 18.4 Å². The van der Waals surface area contributed by atoms with Gasteiger partial charge in [0.15, 0.2) is 0 Å². The molecule has 1 amide bonds. The highest BCUT2D eigenvalue weighted by molar-refractivity contribution is 6.30. The molecule has 0 bridgehead atoms. The molecular formula is C13H16ClNO2. The number of amides is 1. The SMILES string of the molecule is O=C(NCC(O)C1CC1)C(Cl)c1ccccc1. The molecule has 1 fully saturated rings. The number of hydrogen-bond acceptors (Lipinski definition) is 2. The van der Waals surface area contributed by atoms with Crippen molar-refractivity contribution < 1.29 is 9.90 Å². The molecule has 1 aromatic rings. The highest BCUT2D eigenvalue weighted by Crippen LogP contribution is 2.32. The Balaban J connectivity index is 1.82. The molecule has 2 atom stereocenters. The van der Waals surface area contributed by atoms with E-state index in [4.69, 9.17) is 11.6 Å². The first-order valence-corrected chi connectivity index (χ1v) is 6.27. The zero-order valence-corrected chi connectivity index (χ0v) is 10.2. The van der Waals surface area contributed by atoms with E-state index in [0.29, 0.717) is 12.5 Å². The number of aliphatic hydroxyl groups excluding tert-OH is 1. The maximum absolute atomic E-state index is 11.7. The second-order valence-corrected chi connectivity index (χ2v) is 4.86. The van der Waals surface area contributed by atoms with Crippen molar-refractivity contribution in [1.82, 2.24) is 5.32 Å². The van der Waals surface area contributed by atoms with Gasteiger partial charge in [-0.1, -0.05) is 30.3 Å². The molecule has 0 heterocycles. The minimum atomic E-state index is -0.692. The first-order valence-electron chi connectivity index (χ1n) is 5.83. The number of hydrogen-bond donors (Lipinski definition) is 2. The molecule has 0 aliphatic heterocycles. The van der Waals surface area contributed by atoms with Crippen LogP contribution in [-0.4, -0.2) is 23.7 Å². The fourth-order valence-corrected chi connectivity index (χ4v) is 1.94. The van der Waals surface area contributed by atoms with Gasteiger partial charge in [0.25, 0.3) is 0 Å². The maximum atomic E-state index is 11.7. The number of aliphatic hydroxyl groups is 1. The number of carbonyl (C=O) groups is 1. The summed E-state index contributed by atoms with van der Waals surface area (Å²) in [6.45, 7) is 0.291. The van der Waals surface area contributed by atoms with Gasteiger partial charge in [0.1, 0.15) is 5.38 Å². The van der Waals surface area contributed by atoms with Gasteiger partial charge < -0.3 is 10.4 Å². The summed E-state index contributed by atoms with van der Waals surface area (Å²) in [7, 11) is 0. The van der Waals surface area contributed by atoms with Crippen LogP contribution in [-0.2, 0) is 4.79 Å². The summed E-state index contributed by atoms with van der Waals surface area (Å²) in [5.74, 6) is 0.110.